The maximum Gasteiger partial charge on any atom is 0.274 e. The van der Waals surface area contributed by atoms with Crippen LogP contribution in [-0.4, -0.2) is 62.5 Å². The van der Waals surface area contributed by atoms with E-state index in [1.165, 1.54) is 6.42 Å². The Kier molecular flexibility index (Phi) is 4.96. The Morgan fingerprint density at radius 2 is 2.04 bits per heavy atom. The van der Waals surface area contributed by atoms with Crippen molar-refractivity contribution in [1.29, 1.82) is 0 Å². The zero-order chi connectivity index (χ0) is 18.1. The fourth-order valence-corrected chi connectivity index (χ4v) is 4.21. The quantitative estimate of drug-likeness (QED) is 0.916. The number of amides is 1. The van der Waals surface area contributed by atoms with Crippen LogP contribution in [-0.2, 0) is 6.54 Å². The van der Waals surface area contributed by atoms with Gasteiger partial charge in [0.05, 0.1) is 11.8 Å². The van der Waals surface area contributed by atoms with Gasteiger partial charge in [-0.3, -0.25) is 9.69 Å². The van der Waals surface area contributed by atoms with Crippen molar-refractivity contribution in [3.8, 4) is 0 Å². The molecule has 2 aliphatic heterocycles. The molecule has 0 radical (unpaired) electrons. The van der Waals surface area contributed by atoms with Gasteiger partial charge in [0.25, 0.3) is 5.91 Å². The highest BCUT2D eigenvalue weighted by Gasteiger charge is 2.27. The van der Waals surface area contributed by atoms with Gasteiger partial charge in [-0.15, -0.1) is 0 Å². The van der Waals surface area contributed by atoms with Crippen LogP contribution in [0.25, 0.3) is 5.65 Å². The number of hydrogen-bond donors (Lipinski definition) is 1. The topological polar surface area (TPSA) is 61.1 Å². The van der Waals surface area contributed by atoms with E-state index in [2.05, 4.69) is 9.30 Å². The number of pyridine rings is 1. The van der Waals surface area contributed by atoms with Crippen LogP contribution >= 0.6 is 0 Å². The molecule has 2 fully saturated rings. The lowest BCUT2D eigenvalue weighted by molar-refractivity contribution is 0.0646. The van der Waals surface area contributed by atoms with Gasteiger partial charge in [0.2, 0.25) is 0 Å². The number of likely N-dealkylation sites (tertiary alicyclic amines) is 2. The maximum atomic E-state index is 13.2. The molecule has 4 rings (SSSR count). The largest absolute Gasteiger partial charge is 0.392 e. The Balaban J connectivity index is 1.70. The summed E-state index contributed by atoms with van der Waals surface area (Å²) in [5, 5.41) is 10.0. The van der Waals surface area contributed by atoms with E-state index >= 15 is 0 Å². The Morgan fingerprint density at radius 1 is 1.23 bits per heavy atom. The first-order valence-electron chi connectivity index (χ1n) is 9.80. The third-order valence-corrected chi connectivity index (χ3v) is 5.64. The van der Waals surface area contributed by atoms with Crippen LogP contribution in [0.2, 0.25) is 0 Å². The molecule has 1 amide bonds. The van der Waals surface area contributed by atoms with E-state index in [-0.39, 0.29) is 12.0 Å². The molecule has 1 N–H and O–H groups in total. The Labute approximate surface area is 154 Å². The fourth-order valence-electron chi connectivity index (χ4n) is 4.21. The lowest BCUT2D eigenvalue weighted by Gasteiger charge is -2.30. The molecule has 2 aromatic heterocycles. The lowest BCUT2D eigenvalue weighted by Crippen LogP contribution is -2.39. The van der Waals surface area contributed by atoms with Crippen molar-refractivity contribution in [2.24, 2.45) is 0 Å². The van der Waals surface area contributed by atoms with Crippen LogP contribution in [0.3, 0.4) is 0 Å². The highest BCUT2D eigenvalue weighted by Crippen LogP contribution is 2.22. The second-order valence-electron chi connectivity index (χ2n) is 7.68. The van der Waals surface area contributed by atoms with Gasteiger partial charge >= 0.3 is 0 Å². The van der Waals surface area contributed by atoms with Gasteiger partial charge < -0.3 is 14.4 Å². The van der Waals surface area contributed by atoms with Crippen LogP contribution in [0.5, 0.6) is 0 Å². The van der Waals surface area contributed by atoms with Gasteiger partial charge in [-0.05, 0) is 57.2 Å². The number of aromatic nitrogens is 2. The molecule has 6 nitrogen and oxygen atoms in total. The first-order chi connectivity index (χ1) is 12.6. The van der Waals surface area contributed by atoms with Gasteiger partial charge in [-0.1, -0.05) is 6.07 Å². The molecule has 140 valence electrons. The Hall–Kier alpha value is -1.92. The van der Waals surface area contributed by atoms with Crippen molar-refractivity contribution in [2.45, 2.75) is 51.7 Å². The number of β-amino-alcohol motifs (C(OH)–C–C–N with tert-alkyl or cyclic N) is 1. The molecule has 4 heterocycles. The standard InChI is InChI=1S/C20H28N4O2/c1-15-7-5-12-24-17(14-22-9-6-8-16(25)13-22)18(21-19(15)24)20(26)23-10-3-2-4-11-23/h5,7,12,16,25H,2-4,6,8-11,13-14H2,1H3/t16-/m1/s1. The van der Waals surface area contributed by atoms with Gasteiger partial charge in [0, 0.05) is 32.4 Å². The van der Waals surface area contributed by atoms with E-state index in [1.807, 2.05) is 30.2 Å². The molecular weight excluding hydrogens is 328 g/mol. The van der Waals surface area contributed by atoms with E-state index in [1.54, 1.807) is 0 Å². The SMILES string of the molecule is Cc1cccn2c(CN3CCC[C@@H](O)C3)c(C(=O)N3CCCCC3)nc12. The summed E-state index contributed by atoms with van der Waals surface area (Å²) in [6.45, 7) is 5.95. The van der Waals surface area contributed by atoms with E-state index in [0.717, 1.165) is 62.2 Å². The fraction of sp³-hybridized carbons (Fsp3) is 0.600. The van der Waals surface area contributed by atoms with Crippen LogP contribution in [0.4, 0.5) is 0 Å². The van der Waals surface area contributed by atoms with Gasteiger partial charge in [-0.25, -0.2) is 4.98 Å². The van der Waals surface area contributed by atoms with Crippen LogP contribution < -0.4 is 0 Å². The number of piperidine rings is 2. The second-order valence-corrected chi connectivity index (χ2v) is 7.68. The number of nitrogens with zero attached hydrogens (tertiary/aromatic N) is 4. The molecule has 2 saturated heterocycles. The van der Waals surface area contributed by atoms with E-state index in [0.29, 0.717) is 18.8 Å². The minimum absolute atomic E-state index is 0.0559. The molecule has 6 heteroatoms. The predicted octanol–water partition coefficient (Wildman–Crippen LogP) is 2.23. The molecular formula is C20H28N4O2. The average Bonchev–Trinajstić information content (AvgIpc) is 3.02. The zero-order valence-corrected chi connectivity index (χ0v) is 15.5. The smallest absolute Gasteiger partial charge is 0.274 e. The minimum Gasteiger partial charge on any atom is -0.392 e. The highest BCUT2D eigenvalue weighted by atomic mass is 16.3. The molecule has 0 aliphatic carbocycles. The summed E-state index contributed by atoms with van der Waals surface area (Å²) >= 11 is 0. The maximum absolute atomic E-state index is 13.2. The summed E-state index contributed by atoms with van der Waals surface area (Å²) in [6, 6.07) is 4.04. The predicted molar refractivity (Wildman–Crippen MR) is 100 cm³/mol. The molecule has 0 bridgehead atoms. The van der Waals surface area contributed by atoms with E-state index < -0.39 is 0 Å². The van der Waals surface area contributed by atoms with Crippen molar-refractivity contribution in [1.82, 2.24) is 19.2 Å². The van der Waals surface area contributed by atoms with Crippen LogP contribution in [0.15, 0.2) is 18.3 Å². The van der Waals surface area contributed by atoms with Crippen molar-refractivity contribution in [3.63, 3.8) is 0 Å². The summed E-state index contributed by atoms with van der Waals surface area (Å²) < 4.78 is 2.06. The molecule has 0 spiro atoms. The van der Waals surface area contributed by atoms with Gasteiger partial charge in [-0.2, -0.15) is 0 Å². The number of carbonyl (C=O) groups is 1. The van der Waals surface area contributed by atoms with Crippen LogP contribution in [0, 0.1) is 6.92 Å². The minimum atomic E-state index is -0.272. The lowest BCUT2D eigenvalue weighted by atomic mass is 10.1. The summed E-state index contributed by atoms with van der Waals surface area (Å²) in [7, 11) is 0. The third-order valence-electron chi connectivity index (χ3n) is 5.64. The third kappa shape index (κ3) is 3.35. The van der Waals surface area contributed by atoms with Gasteiger partial charge in [0.1, 0.15) is 5.65 Å². The summed E-state index contributed by atoms with van der Waals surface area (Å²) in [4.78, 5) is 22.1. The number of aliphatic hydroxyl groups excluding tert-OH is 1. The van der Waals surface area contributed by atoms with Crippen molar-refractivity contribution in [3.05, 3.63) is 35.3 Å². The molecule has 26 heavy (non-hydrogen) atoms. The number of aryl methyl sites for hydroxylation is 1. The summed E-state index contributed by atoms with van der Waals surface area (Å²) in [6.07, 6.45) is 6.93. The number of aliphatic hydroxyl groups is 1. The number of fused-ring (bicyclic) bond motifs is 1. The molecule has 2 aliphatic rings. The molecule has 1 atom stereocenters. The van der Waals surface area contributed by atoms with Crippen molar-refractivity contribution in [2.75, 3.05) is 26.2 Å². The molecule has 0 unspecified atom stereocenters. The number of hydrogen-bond acceptors (Lipinski definition) is 4. The molecule has 2 aromatic rings. The Morgan fingerprint density at radius 3 is 2.81 bits per heavy atom. The summed E-state index contributed by atoms with van der Waals surface area (Å²) in [5.74, 6) is 0.0559. The molecule has 0 aromatic carbocycles. The number of rotatable bonds is 3. The van der Waals surface area contributed by atoms with Crippen molar-refractivity contribution < 1.29 is 9.90 Å². The van der Waals surface area contributed by atoms with Crippen LogP contribution in [0.1, 0.15) is 53.8 Å². The first-order valence-corrected chi connectivity index (χ1v) is 9.80. The molecule has 0 saturated carbocycles. The Bertz CT molecular complexity index is 794. The highest BCUT2D eigenvalue weighted by molar-refractivity contribution is 5.94. The zero-order valence-electron chi connectivity index (χ0n) is 15.5. The van der Waals surface area contributed by atoms with E-state index in [9.17, 15) is 9.90 Å². The number of carbonyl (C=O) groups excluding carboxylic acids is 1. The summed E-state index contributed by atoms with van der Waals surface area (Å²) in [5.41, 5.74) is 3.47. The van der Waals surface area contributed by atoms with E-state index in [4.69, 9.17) is 4.98 Å². The average molecular weight is 356 g/mol. The first kappa shape index (κ1) is 17.5. The second kappa shape index (κ2) is 7.37. The monoisotopic (exact) mass is 356 g/mol. The number of imidazole rings is 1. The van der Waals surface area contributed by atoms with Gasteiger partial charge in [0.15, 0.2) is 5.69 Å². The van der Waals surface area contributed by atoms with Crippen molar-refractivity contribution >= 4 is 11.6 Å². The normalized spacial score (nSPS) is 22.1.